The van der Waals surface area contributed by atoms with Crippen LogP contribution in [0.15, 0.2) is 18.2 Å². The molecule has 0 amide bonds. The predicted octanol–water partition coefficient (Wildman–Crippen LogP) is 1.45. The van der Waals surface area contributed by atoms with Crippen LogP contribution in [0, 0.1) is 5.82 Å². The second-order valence-corrected chi connectivity index (χ2v) is 4.41. The topological polar surface area (TPSA) is 49.5 Å². The van der Waals surface area contributed by atoms with Gasteiger partial charge in [0.2, 0.25) is 0 Å². The van der Waals surface area contributed by atoms with E-state index in [0.29, 0.717) is 12.1 Å². The van der Waals surface area contributed by atoms with Crippen LogP contribution < -0.4 is 5.73 Å². The van der Waals surface area contributed by atoms with Crippen LogP contribution in [0.25, 0.3) is 0 Å². The monoisotopic (exact) mass is 224 g/mol. The molecule has 0 saturated carbocycles. The summed E-state index contributed by atoms with van der Waals surface area (Å²) >= 11 is 0. The Kier molecular flexibility index (Phi) is 3.41. The molecular weight excluding hydrogens is 207 g/mol. The van der Waals surface area contributed by atoms with Crippen molar-refractivity contribution in [1.29, 1.82) is 0 Å². The zero-order valence-electron chi connectivity index (χ0n) is 9.19. The Morgan fingerprint density at radius 1 is 1.50 bits per heavy atom. The maximum atomic E-state index is 13.0. The molecule has 1 fully saturated rings. The van der Waals surface area contributed by atoms with Gasteiger partial charge < -0.3 is 10.8 Å². The number of nitrogens with zero attached hydrogens (tertiary/aromatic N) is 1. The van der Waals surface area contributed by atoms with Crippen molar-refractivity contribution in [3.05, 3.63) is 29.6 Å². The molecule has 0 radical (unpaired) electrons. The first-order chi connectivity index (χ1) is 7.65. The summed E-state index contributed by atoms with van der Waals surface area (Å²) in [7, 11) is 0. The first kappa shape index (κ1) is 11.4. The van der Waals surface area contributed by atoms with Crippen LogP contribution in [0.3, 0.4) is 0 Å². The Labute approximate surface area is 94.7 Å². The van der Waals surface area contributed by atoms with Gasteiger partial charge in [-0.15, -0.1) is 0 Å². The summed E-state index contributed by atoms with van der Waals surface area (Å²) in [4.78, 5) is 2.16. The van der Waals surface area contributed by atoms with Crippen LogP contribution in [0.4, 0.5) is 4.39 Å². The molecule has 0 aliphatic carbocycles. The fourth-order valence-electron chi connectivity index (χ4n) is 2.16. The molecule has 1 saturated heterocycles. The second kappa shape index (κ2) is 4.80. The van der Waals surface area contributed by atoms with E-state index >= 15 is 0 Å². The lowest BCUT2D eigenvalue weighted by Gasteiger charge is -2.30. The van der Waals surface area contributed by atoms with Crippen LogP contribution in [-0.4, -0.2) is 29.1 Å². The molecule has 88 valence electrons. The second-order valence-electron chi connectivity index (χ2n) is 4.41. The number of hydrogen-bond donors (Lipinski definition) is 2. The number of likely N-dealkylation sites (tertiary alicyclic amines) is 1. The van der Waals surface area contributed by atoms with Gasteiger partial charge in [0.1, 0.15) is 11.6 Å². The van der Waals surface area contributed by atoms with Crippen LogP contribution in [-0.2, 0) is 6.54 Å². The lowest BCUT2D eigenvalue weighted by Crippen LogP contribution is -2.42. The number of halogens is 1. The molecule has 1 aliphatic rings. The smallest absolute Gasteiger partial charge is 0.123 e. The maximum Gasteiger partial charge on any atom is 0.123 e. The molecule has 0 unspecified atom stereocenters. The van der Waals surface area contributed by atoms with Crippen LogP contribution in [0.5, 0.6) is 5.75 Å². The minimum Gasteiger partial charge on any atom is -0.508 e. The van der Waals surface area contributed by atoms with E-state index in [-0.39, 0.29) is 17.6 Å². The summed E-state index contributed by atoms with van der Waals surface area (Å²) in [6.07, 6.45) is 2.11. The molecule has 3 N–H and O–H groups in total. The van der Waals surface area contributed by atoms with Gasteiger partial charge in [0.25, 0.3) is 0 Å². The molecule has 4 heteroatoms. The van der Waals surface area contributed by atoms with E-state index in [1.807, 2.05) is 0 Å². The molecule has 1 atom stereocenters. The fourth-order valence-corrected chi connectivity index (χ4v) is 2.16. The van der Waals surface area contributed by atoms with Gasteiger partial charge in [-0.05, 0) is 37.6 Å². The average molecular weight is 224 g/mol. The normalized spacial score (nSPS) is 22.2. The summed E-state index contributed by atoms with van der Waals surface area (Å²) in [6.45, 7) is 2.34. The third-order valence-electron chi connectivity index (χ3n) is 2.98. The summed E-state index contributed by atoms with van der Waals surface area (Å²) in [5, 5.41) is 9.61. The van der Waals surface area contributed by atoms with Gasteiger partial charge in [-0.2, -0.15) is 0 Å². The number of phenolic OH excluding ortho intramolecular Hbond substituents is 1. The summed E-state index contributed by atoms with van der Waals surface area (Å²) in [5.41, 5.74) is 6.50. The van der Waals surface area contributed by atoms with Gasteiger partial charge >= 0.3 is 0 Å². The highest BCUT2D eigenvalue weighted by atomic mass is 19.1. The minimum absolute atomic E-state index is 0.153. The molecule has 1 aliphatic heterocycles. The van der Waals surface area contributed by atoms with Gasteiger partial charge in [0, 0.05) is 24.7 Å². The van der Waals surface area contributed by atoms with Gasteiger partial charge in [-0.1, -0.05) is 0 Å². The van der Waals surface area contributed by atoms with E-state index in [0.717, 1.165) is 25.9 Å². The van der Waals surface area contributed by atoms with Crippen LogP contribution >= 0.6 is 0 Å². The molecule has 3 nitrogen and oxygen atoms in total. The Bertz CT molecular complexity index is 370. The third-order valence-corrected chi connectivity index (χ3v) is 2.98. The number of aromatic hydroxyl groups is 1. The largest absolute Gasteiger partial charge is 0.508 e. The highest BCUT2D eigenvalue weighted by Crippen LogP contribution is 2.21. The quantitative estimate of drug-likeness (QED) is 0.799. The molecule has 0 bridgehead atoms. The highest BCUT2D eigenvalue weighted by Gasteiger charge is 2.17. The number of benzene rings is 1. The molecule has 16 heavy (non-hydrogen) atoms. The number of rotatable bonds is 2. The summed E-state index contributed by atoms with van der Waals surface area (Å²) in [5.74, 6) is -0.158. The van der Waals surface area contributed by atoms with Crippen molar-refractivity contribution in [1.82, 2.24) is 4.90 Å². The molecule has 2 rings (SSSR count). The minimum atomic E-state index is -0.311. The fraction of sp³-hybridized carbons (Fsp3) is 0.500. The van der Waals surface area contributed by atoms with Crippen molar-refractivity contribution in [2.45, 2.75) is 25.4 Å². The van der Waals surface area contributed by atoms with Gasteiger partial charge in [0.05, 0.1) is 0 Å². The van der Waals surface area contributed by atoms with Gasteiger partial charge in [-0.25, -0.2) is 4.39 Å². The zero-order valence-corrected chi connectivity index (χ0v) is 9.19. The van der Waals surface area contributed by atoms with E-state index in [1.165, 1.54) is 18.2 Å². The Morgan fingerprint density at radius 2 is 2.31 bits per heavy atom. The van der Waals surface area contributed by atoms with Crippen molar-refractivity contribution < 1.29 is 9.50 Å². The van der Waals surface area contributed by atoms with Crippen LogP contribution in [0.2, 0.25) is 0 Å². The number of phenols is 1. The molecule has 1 aromatic rings. The van der Waals surface area contributed by atoms with Crippen molar-refractivity contribution in [2.75, 3.05) is 13.1 Å². The Balaban J connectivity index is 2.05. The lowest BCUT2D eigenvalue weighted by atomic mass is 10.1. The van der Waals surface area contributed by atoms with E-state index in [9.17, 15) is 9.50 Å². The van der Waals surface area contributed by atoms with E-state index < -0.39 is 0 Å². The van der Waals surface area contributed by atoms with Gasteiger partial charge in [-0.3, -0.25) is 4.90 Å². The molecule has 0 aromatic heterocycles. The average Bonchev–Trinajstić information content (AvgIpc) is 2.24. The van der Waals surface area contributed by atoms with Crippen molar-refractivity contribution in [2.24, 2.45) is 5.73 Å². The molecular formula is C12H17FN2O. The standard InChI is InChI=1S/C12H17FN2O/c13-10-3-4-12(16)9(6-10)7-15-5-1-2-11(14)8-15/h3-4,6,11,16H,1-2,5,7-8,14H2/t11-/m0/s1. The highest BCUT2D eigenvalue weighted by molar-refractivity contribution is 5.32. The summed E-state index contributed by atoms with van der Waals surface area (Å²) < 4.78 is 13.0. The van der Waals surface area contributed by atoms with E-state index in [2.05, 4.69) is 4.90 Å². The SMILES string of the molecule is N[C@H]1CCCN(Cc2cc(F)ccc2O)C1. The molecule has 1 heterocycles. The first-order valence-corrected chi connectivity index (χ1v) is 5.60. The number of piperidine rings is 1. The van der Waals surface area contributed by atoms with E-state index in [4.69, 9.17) is 5.73 Å². The number of hydrogen-bond acceptors (Lipinski definition) is 3. The maximum absolute atomic E-state index is 13.0. The Morgan fingerprint density at radius 3 is 3.06 bits per heavy atom. The van der Waals surface area contributed by atoms with Gasteiger partial charge in [0.15, 0.2) is 0 Å². The van der Waals surface area contributed by atoms with Crippen molar-refractivity contribution in [3.63, 3.8) is 0 Å². The molecule has 1 aromatic carbocycles. The van der Waals surface area contributed by atoms with Crippen molar-refractivity contribution >= 4 is 0 Å². The lowest BCUT2D eigenvalue weighted by molar-refractivity contribution is 0.199. The molecule has 0 spiro atoms. The first-order valence-electron chi connectivity index (χ1n) is 5.60. The van der Waals surface area contributed by atoms with Crippen LogP contribution in [0.1, 0.15) is 18.4 Å². The Hall–Kier alpha value is -1.13. The number of nitrogens with two attached hydrogens (primary N) is 1. The van der Waals surface area contributed by atoms with E-state index in [1.54, 1.807) is 0 Å². The summed E-state index contributed by atoms with van der Waals surface area (Å²) in [6, 6.07) is 4.24. The predicted molar refractivity (Wildman–Crippen MR) is 60.6 cm³/mol. The zero-order chi connectivity index (χ0) is 11.5. The van der Waals surface area contributed by atoms with Crippen molar-refractivity contribution in [3.8, 4) is 5.75 Å². The third kappa shape index (κ3) is 2.71.